The molecule has 4 rings (SSSR count). The number of carboxylic acids is 1. The van der Waals surface area contributed by atoms with E-state index < -0.39 is 53.0 Å². The van der Waals surface area contributed by atoms with Gasteiger partial charge < -0.3 is 30.0 Å². The van der Waals surface area contributed by atoms with Gasteiger partial charge >= 0.3 is 12.1 Å². The van der Waals surface area contributed by atoms with Crippen molar-refractivity contribution in [1.82, 2.24) is 5.32 Å². The molecule has 1 amide bonds. The number of methoxy groups -OCH3 is 2. The van der Waals surface area contributed by atoms with E-state index in [4.69, 9.17) is 14.2 Å². The van der Waals surface area contributed by atoms with Gasteiger partial charge in [0.25, 0.3) is 5.91 Å². The molecule has 0 aromatic heterocycles. The number of nitrogens with one attached hydrogen (secondary N) is 2. The van der Waals surface area contributed by atoms with Crippen LogP contribution in [0.25, 0.3) is 11.1 Å². The van der Waals surface area contributed by atoms with Crippen LogP contribution < -0.4 is 20.1 Å². The number of anilines is 1. The standard InChI is InChI=1S/C35H33F5N2O6/c1-4-48-19-21-15-28(46-2)30(29(16-21)47-3)22-12-10-20(11-13-22)14-27(34(44)45)42-33(43)31-25(36)17-24(18-26(31)37)41-32(35(38,39)40)23-8-6-5-7-9-23/h5-13,15-18,27,32,41H,4,14,19H2,1-3H3,(H,42,43)(H,44,45)/t27-,32+/m0/s1. The number of alkyl halides is 3. The zero-order valence-corrected chi connectivity index (χ0v) is 26.2. The predicted octanol–water partition coefficient (Wildman–Crippen LogP) is 7.33. The second kappa shape index (κ2) is 15.6. The van der Waals surface area contributed by atoms with Gasteiger partial charge in [0.15, 0.2) is 0 Å². The summed E-state index contributed by atoms with van der Waals surface area (Å²) in [6.45, 7) is 2.76. The Morgan fingerprint density at radius 1 is 0.854 bits per heavy atom. The van der Waals surface area contributed by atoms with Crippen molar-refractivity contribution >= 4 is 17.6 Å². The van der Waals surface area contributed by atoms with E-state index in [1.807, 2.05) is 19.1 Å². The molecule has 0 radical (unpaired) electrons. The number of carboxylic acid groups (broad SMARTS) is 1. The van der Waals surface area contributed by atoms with Crippen molar-refractivity contribution in [3.8, 4) is 22.6 Å². The van der Waals surface area contributed by atoms with Gasteiger partial charge in [-0.1, -0.05) is 54.6 Å². The molecule has 48 heavy (non-hydrogen) atoms. The molecule has 0 unspecified atom stereocenters. The monoisotopic (exact) mass is 672 g/mol. The fourth-order valence-corrected chi connectivity index (χ4v) is 5.07. The van der Waals surface area contributed by atoms with E-state index in [2.05, 4.69) is 10.6 Å². The van der Waals surface area contributed by atoms with Gasteiger partial charge in [-0.05, 0) is 53.4 Å². The number of amides is 1. The van der Waals surface area contributed by atoms with Gasteiger partial charge in [0.05, 0.1) is 26.4 Å². The van der Waals surface area contributed by atoms with Crippen molar-refractivity contribution in [1.29, 1.82) is 0 Å². The molecular formula is C35H33F5N2O6. The number of ether oxygens (including phenoxy) is 3. The Morgan fingerprint density at radius 2 is 1.44 bits per heavy atom. The maximum absolute atomic E-state index is 15.0. The zero-order valence-electron chi connectivity index (χ0n) is 26.2. The highest BCUT2D eigenvalue weighted by molar-refractivity contribution is 5.97. The minimum atomic E-state index is -4.82. The number of hydrogen-bond acceptors (Lipinski definition) is 6. The van der Waals surface area contributed by atoms with Gasteiger partial charge in [0.2, 0.25) is 0 Å². The molecule has 0 aliphatic heterocycles. The summed E-state index contributed by atoms with van der Waals surface area (Å²) in [4.78, 5) is 24.9. The molecule has 0 aliphatic rings. The second-order valence-corrected chi connectivity index (χ2v) is 10.6. The van der Waals surface area contributed by atoms with E-state index in [0.717, 1.165) is 5.56 Å². The minimum absolute atomic E-state index is 0.196. The third kappa shape index (κ3) is 8.59. The number of carbonyl (C=O) groups excluding carboxylic acids is 1. The molecule has 13 heteroatoms. The quantitative estimate of drug-likeness (QED) is 0.121. The van der Waals surface area contributed by atoms with Crippen molar-refractivity contribution in [2.45, 2.75) is 38.2 Å². The second-order valence-electron chi connectivity index (χ2n) is 10.6. The molecule has 0 saturated heterocycles. The van der Waals surface area contributed by atoms with Crippen LogP contribution in [-0.2, 0) is 22.6 Å². The average Bonchev–Trinajstić information content (AvgIpc) is 3.05. The van der Waals surface area contributed by atoms with Crippen LogP contribution in [0.3, 0.4) is 0 Å². The lowest BCUT2D eigenvalue weighted by Gasteiger charge is -2.23. The largest absolute Gasteiger partial charge is 0.496 e. The van der Waals surface area contributed by atoms with Gasteiger partial charge in [0.1, 0.15) is 40.8 Å². The summed E-state index contributed by atoms with van der Waals surface area (Å²) in [5.74, 6) is -4.79. The van der Waals surface area contributed by atoms with E-state index in [0.29, 0.717) is 53.5 Å². The minimum Gasteiger partial charge on any atom is -0.496 e. The Morgan fingerprint density at radius 3 is 1.94 bits per heavy atom. The molecule has 4 aromatic carbocycles. The number of halogens is 5. The van der Waals surface area contributed by atoms with Crippen molar-refractivity contribution in [2.75, 3.05) is 26.1 Å². The highest BCUT2D eigenvalue weighted by atomic mass is 19.4. The summed E-state index contributed by atoms with van der Waals surface area (Å²) < 4.78 is 87.9. The molecule has 0 heterocycles. The van der Waals surface area contributed by atoms with Crippen LogP contribution in [0.15, 0.2) is 78.9 Å². The lowest BCUT2D eigenvalue weighted by molar-refractivity contribution is -0.144. The third-order valence-corrected chi connectivity index (χ3v) is 7.36. The summed E-state index contributed by atoms with van der Waals surface area (Å²) in [5, 5.41) is 14.0. The molecular weight excluding hydrogens is 639 g/mol. The molecule has 254 valence electrons. The highest BCUT2D eigenvalue weighted by Gasteiger charge is 2.41. The van der Waals surface area contributed by atoms with Crippen molar-refractivity contribution in [3.63, 3.8) is 0 Å². The van der Waals surface area contributed by atoms with Crippen LogP contribution in [0.2, 0.25) is 0 Å². The van der Waals surface area contributed by atoms with E-state index in [9.17, 15) is 27.9 Å². The Bertz CT molecular complexity index is 1680. The number of aliphatic carboxylic acids is 1. The smallest absolute Gasteiger partial charge is 0.412 e. The first-order valence-electron chi connectivity index (χ1n) is 14.7. The van der Waals surface area contributed by atoms with Crippen molar-refractivity contribution < 1.29 is 50.9 Å². The maximum atomic E-state index is 15.0. The zero-order chi connectivity index (χ0) is 35.0. The van der Waals surface area contributed by atoms with E-state index in [1.54, 1.807) is 24.3 Å². The first kappa shape index (κ1) is 35.7. The number of hydrogen-bond donors (Lipinski definition) is 3. The molecule has 4 aromatic rings. The molecule has 2 atom stereocenters. The maximum Gasteiger partial charge on any atom is 0.412 e. The van der Waals surface area contributed by atoms with Gasteiger partial charge in [0, 0.05) is 18.7 Å². The SMILES string of the molecule is CCOCc1cc(OC)c(-c2ccc(C[C@H](NC(=O)c3c(F)cc(N[C@H](c4ccccc4)C(F)(F)F)cc3F)C(=O)O)cc2)c(OC)c1. The topological polar surface area (TPSA) is 106 Å². The van der Waals surface area contributed by atoms with Crippen LogP contribution in [0.1, 0.15) is 40.0 Å². The first-order chi connectivity index (χ1) is 22.9. The van der Waals surface area contributed by atoms with Crippen molar-refractivity contribution in [3.05, 3.63) is 113 Å². The van der Waals surface area contributed by atoms with E-state index >= 15 is 8.78 Å². The summed E-state index contributed by atoms with van der Waals surface area (Å²) in [5.41, 5.74) is 0.725. The molecule has 8 nitrogen and oxygen atoms in total. The summed E-state index contributed by atoms with van der Waals surface area (Å²) in [6, 6.07) is 14.2. The van der Waals surface area contributed by atoms with Gasteiger partial charge in [-0.15, -0.1) is 0 Å². The fourth-order valence-electron chi connectivity index (χ4n) is 5.07. The summed E-state index contributed by atoms with van der Waals surface area (Å²) in [6.07, 6.45) is -5.07. The van der Waals surface area contributed by atoms with Gasteiger partial charge in [-0.3, -0.25) is 4.79 Å². The number of carbonyl (C=O) groups is 2. The van der Waals surface area contributed by atoms with Crippen molar-refractivity contribution in [2.24, 2.45) is 0 Å². The van der Waals surface area contributed by atoms with E-state index in [-0.39, 0.29) is 12.0 Å². The predicted molar refractivity (Wildman–Crippen MR) is 168 cm³/mol. The van der Waals surface area contributed by atoms with Crippen LogP contribution in [-0.4, -0.2) is 50.0 Å². The van der Waals surface area contributed by atoms with Crippen LogP contribution in [0, 0.1) is 11.6 Å². The van der Waals surface area contributed by atoms with Crippen LogP contribution in [0.4, 0.5) is 27.6 Å². The summed E-state index contributed by atoms with van der Waals surface area (Å²) >= 11 is 0. The fraction of sp³-hybridized carbons (Fsp3) is 0.257. The lowest BCUT2D eigenvalue weighted by atomic mass is 9.98. The highest BCUT2D eigenvalue weighted by Crippen LogP contribution is 2.40. The molecule has 0 saturated carbocycles. The van der Waals surface area contributed by atoms with Gasteiger partial charge in [-0.25, -0.2) is 13.6 Å². The molecule has 0 fully saturated rings. The van der Waals surface area contributed by atoms with Crippen LogP contribution in [0.5, 0.6) is 11.5 Å². The Balaban J connectivity index is 1.52. The average molecular weight is 673 g/mol. The summed E-state index contributed by atoms with van der Waals surface area (Å²) in [7, 11) is 3.02. The van der Waals surface area contributed by atoms with Gasteiger partial charge in [-0.2, -0.15) is 13.2 Å². The third-order valence-electron chi connectivity index (χ3n) is 7.36. The molecule has 0 aliphatic carbocycles. The number of rotatable bonds is 14. The number of benzene rings is 4. The molecule has 3 N–H and O–H groups in total. The van der Waals surface area contributed by atoms with E-state index in [1.165, 1.54) is 44.6 Å². The Labute approximate surface area is 273 Å². The molecule has 0 bridgehead atoms. The lowest BCUT2D eigenvalue weighted by Crippen LogP contribution is -2.43. The normalized spacial score (nSPS) is 12.6. The van der Waals surface area contributed by atoms with Crippen LogP contribution >= 0.6 is 0 Å². The molecule has 0 spiro atoms. The Hall–Kier alpha value is -5.17. The first-order valence-corrected chi connectivity index (χ1v) is 14.7. The Kier molecular flexibility index (Phi) is 11.6.